The van der Waals surface area contributed by atoms with E-state index in [1.807, 2.05) is 6.08 Å². The zero-order valence-corrected chi connectivity index (χ0v) is 9.16. The number of methoxy groups -OCH3 is 1. The van der Waals surface area contributed by atoms with Gasteiger partial charge in [-0.2, -0.15) is 0 Å². The Hall–Kier alpha value is -0.830. The van der Waals surface area contributed by atoms with E-state index in [0.717, 1.165) is 44.1 Å². The molecule has 2 atom stereocenters. The molecule has 1 spiro atoms. The van der Waals surface area contributed by atoms with Crippen LogP contribution in [0, 0.1) is 5.41 Å². The Balaban J connectivity index is 2.07. The minimum Gasteiger partial charge on any atom is -0.466 e. The van der Waals surface area contributed by atoms with Crippen LogP contribution in [0.4, 0.5) is 0 Å². The number of esters is 1. The largest absolute Gasteiger partial charge is 0.466 e. The molecule has 0 heterocycles. The number of carbonyl (C=O) groups excluding carboxylic acids is 1. The summed E-state index contributed by atoms with van der Waals surface area (Å²) in [5.41, 5.74) is 0.847. The van der Waals surface area contributed by atoms with Crippen LogP contribution < -0.4 is 0 Å². The molecule has 0 aromatic rings. The number of aliphatic hydroxyl groups is 1. The predicted molar refractivity (Wildman–Crippen MR) is 56.2 cm³/mol. The number of rotatable bonds is 1. The van der Waals surface area contributed by atoms with Gasteiger partial charge in [-0.3, -0.25) is 0 Å². The van der Waals surface area contributed by atoms with Crippen molar-refractivity contribution in [2.45, 2.75) is 44.6 Å². The van der Waals surface area contributed by atoms with Crippen molar-refractivity contribution in [3.8, 4) is 0 Å². The number of aliphatic hydroxyl groups excluding tert-OH is 1. The molecule has 0 bridgehead atoms. The highest BCUT2D eigenvalue weighted by molar-refractivity contribution is 5.88. The molecule has 1 saturated carbocycles. The summed E-state index contributed by atoms with van der Waals surface area (Å²) in [5.74, 6) is -0.211. The summed E-state index contributed by atoms with van der Waals surface area (Å²) in [7, 11) is 1.41. The molecular formula is C12H18O3. The van der Waals surface area contributed by atoms with Crippen molar-refractivity contribution in [2.24, 2.45) is 5.41 Å². The van der Waals surface area contributed by atoms with Crippen molar-refractivity contribution in [3.05, 3.63) is 11.6 Å². The van der Waals surface area contributed by atoms with Gasteiger partial charge in [-0.05, 0) is 32.1 Å². The van der Waals surface area contributed by atoms with Crippen LogP contribution in [0.25, 0.3) is 0 Å². The molecule has 0 unspecified atom stereocenters. The summed E-state index contributed by atoms with van der Waals surface area (Å²) in [6.45, 7) is 0. The van der Waals surface area contributed by atoms with Crippen LogP contribution in [0.2, 0.25) is 0 Å². The van der Waals surface area contributed by atoms with Gasteiger partial charge in [0.1, 0.15) is 0 Å². The van der Waals surface area contributed by atoms with Crippen LogP contribution in [-0.4, -0.2) is 24.3 Å². The van der Waals surface area contributed by atoms with Gasteiger partial charge in [-0.25, -0.2) is 4.79 Å². The lowest BCUT2D eigenvalue weighted by Gasteiger charge is -2.35. The van der Waals surface area contributed by atoms with Crippen molar-refractivity contribution in [3.63, 3.8) is 0 Å². The van der Waals surface area contributed by atoms with Crippen molar-refractivity contribution < 1.29 is 14.6 Å². The van der Waals surface area contributed by atoms with E-state index in [2.05, 4.69) is 0 Å². The maximum Gasteiger partial charge on any atom is 0.333 e. The van der Waals surface area contributed by atoms with Crippen LogP contribution in [0.5, 0.6) is 0 Å². The summed E-state index contributed by atoms with van der Waals surface area (Å²) in [6, 6.07) is 0. The van der Waals surface area contributed by atoms with Gasteiger partial charge in [-0.1, -0.05) is 12.5 Å². The molecule has 0 aromatic carbocycles. The molecule has 1 N–H and O–H groups in total. The first-order valence-corrected chi connectivity index (χ1v) is 5.63. The molecule has 1 fully saturated rings. The summed E-state index contributed by atoms with van der Waals surface area (Å²) in [6.07, 6.45) is 7.43. The van der Waals surface area contributed by atoms with Crippen molar-refractivity contribution in [2.75, 3.05) is 7.11 Å². The van der Waals surface area contributed by atoms with E-state index in [1.54, 1.807) is 0 Å². The second-order valence-electron chi connectivity index (χ2n) is 4.70. The number of ether oxygens (including phenoxy) is 1. The third-order valence-corrected chi connectivity index (χ3v) is 3.95. The van der Waals surface area contributed by atoms with E-state index in [1.165, 1.54) is 7.11 Å². The zero-order valence-electron chi connectivity index (χ0n) is 9.16. The second-order valence-corrected chi connectivity index (χ2v) is 4.70. The quantitative estimate of drug-likeness (QED) is 0.671. The SMILES string of the molecule is COC(=O)C1=CC[C@@]2(CCC[C@H]2O)CC1. The summed E-state index contributed by atoms with van der Waals surface area (Å²) < 4.78 is 4.70. The Morgan fingerprint density at radius 3 is 2.87 bits per heavy atom. The van der Waals surface area contributed by atoms with Gasteiger partial charge >= 0.3 is 5.97 Å². The highest BCUT2D eigenvalue weighted by Crippen LogP contribution is 2.48. The van der Waals surface area contributed by atoms with E-state index >= 15 is 0 Å². The molecule has 0 saturated heterocycles. The standard InChI is InChI=1S/C12H18O3/c1-15-11(14)9-4-7-12(8-5-9)6-2-3-10(12)13/h4,10,13H,2-3,5-8H2,1H3/t10-,12+/m1/s1. The van der Waals surface area contributed by atoms with Gasteiger partial charge in [-0.15, -0.1) is 0 Å². The summed E-state index contributed by atoms with van der Waals surface area (Å²) in [4.78, 5) is 11.3. The molecule has 3 nitrogen and oxygen atoms in total. The van der Waals surface area contributed by atoms with Crippen molar-refractivity contribution >= 4 is 5.97 Å². The molecule has 2 rings (SSSR count). The van der Waals surface area contributed by atoms with Crippen LogP contribution in [0.15, 0.2) is 11.6 Å². The Kier molecular flexibility index (Phi) is 2.83. The Labute approximate surface area is 90.1 Å². The minimum atomic E-state index is -0.211. The molecule has 2 aliphatic carbocycles. The van der Waals surface area contributed by atoms with Gasteiger partial charge in [0.2, 0.25) is 0 Å². The van der Waals surface area contributed by atoms with E-state index in [-0.39, 0.29) is 17.5 Å². The fourth-order valence-corrected chi connectivity index (χ4v) is 2.88. The average Bonchev–Trinajstić information content (AvgIpc) is 2.61. The van der Waals surface area contributed by atoms with Crippen LogP contribution in [0.1, 0.15) is 38.5 Å². The number of hydrogen-bond acceptors (Lipinski definition) is 3. The molecule has 0 aliphatic heterocycles. The van der Waals surface area contributed by atoms with Crippen LogP contribution in [-0.2, 0) is 9.53 Å². The monoisotopic (exact) mass is 210 g/mol. The zero-order chi connectivity index (χ0) is 10.9. The first kappa shape index (κ1) is 10.7. The molecular weight excluding hydrogens is 192 g/mol. The topological polar surface area (TPSA) is 46.5 Å². The summed E-state index contributed by atoms with van der Waals surface area (Å²) in [5, 5.41) is 9.94. The van der Waals surface area contributed by atoms with Gasteiger partial charge in [0, 0.05) is 11.0 Å². The van der Waals surface area contributed by atoms with Gasteiger partial charge in [0.05, 0.1) is 13.2 Å². The highest BCUT2D eigenvalue weighted by atomic mass is 16.5. The van der Waals surface area contributed by atoms with Gasteiger partial charge in [0.15, 0.2) is 0 Å². The predicted octanol–water partition coefficient (Wildman–Crippen LogP) is 1.80. The third-order valence-electron chi connectivity index (χ3n) is 3.95. The molecule has 15 heavy (non-hydrogen) atoms. The first-order valence-electron chi connectivity index (χ1n) is 5.63. The minimum absolute atomic E-state index is 0.0670. The van der Waals surface area contributed by atoms with E-state index in [9.17, 15) is 9.90 Å². The summed E-state index contributed by atoms with van der Waals surface area (Å²) >= 11 is 0. The van der Waals surface area contributed by atoms with E-state index in [0.29, 0.717) is 0 Å². The number of carbonyl (C=O) groups is 1. The molecule has 3 heteroatoms. The third kappa shape index (κ3) is 1.81. The fraction of sp³-hybridized carbons (Fsp3) is 0.750. The first-order chi connectivity index (χ1) is 7.18. The molecule has 0 aromatic heterocycles. The molecule has 84 valence electrons. The second kappa shape index (κ2) is 3.97. The smallest absolute Gasteiger partial charge is 0.333 e. The molecule has 0 amide bonds. The van der Waals surface area contributed by atoms with Crippen LogP contribution >= 0.6 is 0 Å². The lowest BCUT2D eigenvalue weighted by Crippen LogP contribution is -2.32. The van der Waals surface area contributed by atoms with Crippen molar-refractivity contribution in [1.82, 2.24) is 0 Å². The lowest BCUT2D eigenvalue weighted by molar-refractivity contribution is -0.136. The van der Waals surface area contributed by atoms with Gasteiger partial charge in [0.25, 0.3) is 0 Å². The molecule has 0 radical (unpaired) electrons. The Bertz CT molecular complexity index is 295. The normalized spacial score (nSPS) is 35.3. The lowest BCUT2D eigenvalue weighted by atomic mass is 9.72. The van der Waals surface area contributed by atoms with Gasteiger partial charge < -0.3 is 9.84 Å². The maximum atomic E-state index is 11.3. The Morgan fingerprint density at radius 2 is 2.40 bits per heavy atom. The maximum absolute atomic E-state index is 11.3. The average molecular weight is 210 g/mol. The van der Waals surface area contributed by atoms with E-state index < -0.39 is 0 Å². The fourth-order valence-electron chi connectivity index (χ4n) is 2.88. The number of hydrogen-bond donors (Lipinski definition) is 1. The Morgan fingerprint density at radius 1 is 1.60 bits per heavy atom. The van der Waals surface area contributed by atoms with Crippen molar-refractivity contribution in [1.29, 1.82) is 0 Å². The van der Waals surface area contributed by atoms with Crippen LogP contribution in [0.3, 0.4) is 0 Å². The highest BCUT2D eigenvalue weighted by Gasteiger charge is 2.42. The number of allylic oxidation sites excluding steroid dienone is 1. The molecule has 2 aliphatic rings. The van der Waals surface area contributed by atoms with E-state index in [4.69, 9.17) is 4.74 Å².